The normalized spacial score (nSPS) is 10.9. The first-order valence-corrected chi connectivity index (χ1v) is 6.24. The molecule has 7 heteroatoms. The number of alkyl halides is 2. The maximum atomic E-state index is 12.6. The molecule has 0 unspecified atom stereocenters. The maximum absolute atomic E-state index is 12.6. The summed E-state index contributed by atoms with van der Waals surface area (Å²) in [5.41, 5.74) is 0.773. The van der Waals surface area contributed by atoms with E-state index in [1.807, 2.05) is 0 Å². The van der Waals surface area contributed by atoms with Crippen molar-refractivity contribution < 1.29 is 8.78 Å². The lowest BCUT2D eigenvalue weighted by molar-refractivity contribution is 0.0673. The van der Waals surface area contributed by atoms with Crippen molar-refractivity contribution in [2.45, 2.75) is 13.1 Å². The van der Waals surface area contributed by atoms with Gasteiger partial charge in [0.05, 0.1) is 11.6 Å². The first kappa shape index (κ1) is 13.3. The average Bonchev–Trinajstić information content (AvgIpc) is 2.79. The van der Waals surface area contributed by atoms with Gasteiger partial charge in [-0.05, 0) is 34.1 Å². The monoisotopic (exact) mass is 335 g/mol. The van der Waals surface area contributed by atoms with Crippen LogP contribution in [0.4, 0.5) is 14.5 Å². The van der Waals surface area contributed by atoms with Crippen LogP contribution in [-0.2, 0) is 6.54 Å². The highest BCUT2D eigenvalue weighted by atomic mass is 79.9. The van der Waals surface area contributed by atoms with E-state index < -0.39 is 6.55 Å². The highest BCUT2D eigenvalue weighted by Crippen LogP contribution is 2.25. The zero-order valence-electron chi connectivity index (χ0n) is 9.08. The topological polar surface area (TPSA) is 29.9 Å². The van der Waals surface area contributed by atoms with E-state index in [2.05, 4.69) is 26.2 Å². The molecule has 0 radical (unpaired) electrons. The van der Waals surface area contributed by atoms with E-state index in [4.69, 9.17) is 11.6 Å². The van der Waals surface area contributed by atoms with Gasteiger partial charge in [-0.15, -0.1) is 0 Å². The molecule has 18 heavy (non-hydrogen) atoms. The third kappa shape index (κ3) is 3.00. The number of benzene rings is 1. The van der Waals surface area contributed by atoms with Crippen LogP contribution in [0.5, 0.6) is 0 Å². The van der Waals surface area contributed by atoms with Gasteiger partial charge in [-0.25, -0.2) is 4.98 Å². The highest BCUT2D eigenvalue weighted by Gasteiger charge is 2.10. The average molecular weight is 337 g/mol. The summed E-state index contributed by atoms with van der Waals surface area (Å²) in [5.74, 6) is 0.274. The quantitative estimate of drug-likeness (QED) is 0.902. The molecule has 96 valence electrons. The summed E-state index contributed by atoms with van der Waals surface area (Å²) in [5, 5.41) is 3.60. The Morgan fingerprint density at radius 3 is 2.89 bits per heavy atom. The fourth-order valence-electron chi connectivity index (χ4n) is 1.45. The van der Waals surface area contributed by atoms with Gasteiger partial charge in [0.2, 0.25) is 0 Å². The second-order valence-electron chi connectivity index (χ2n) is 3.51. The molecule has 0 bridgehead atoms. The maximum Gasteiger partial charge on any atom is 0.319 e. The van der Waals surface area contributed by atoms with Gasteiger partial charge >= 0.3 is 6.55 Å². The van der Waals surface area contributed by atoms with Gasteiger partial charge in [0, 0.05) is 22.6 Å². The van der Waals surface area contributed by atoms with Crippen LogP contribution in [0, 0.1) is 0 Å². The Balaban J connectivity index is 2.07. The number of hydrogen-bond acceptors (Lipinski definition) is 2. The molecule has 1 heterocycles. The van der Waals surface area contributed by atoms with Crippen LogP contribution in [0.3, 0.4) is 0 Å². The molecule has 0 saturated heterocycles. The number of anilines is 1. The molecule has 0 aliphatic carbocycles. The van der Waals surface area contributed by atoms with Crippen molar-refractivity contribution in [1.82, 2.24) is 9.55 Å². The molecule has 2 rings (SSSR count). The van der Waals surface area contributed by atoms with Crippen LogP contribution in [0.15, 0.2) is 35.1 Å². The number of nitrogens with zero attached hydrogens (tertiary/aromatic N) is 2. The number of halogens is 4. The first-order valence-electron chi connectivity index (χ1n) is 5.06. The number of rotatable bonds is 4. The molecular formula is C11H9BrClF2N3. The van der Waals surface area contributed by atoms with Gasteiger partial charge in [0.25, 0.3) is 0 Å². The number of hydrogen-bond donors (Lipinski definition) is 1. The molecule has 1 aromatic carbocycles. The molecule has 0 saturated carbocycles. The van der Waals surface area contributed by atoms with Gasteiger partial charge in [0.15, 0.2) is 0 Å². The van der Waals surface area contributed by atoms with Crippen molar-refractivity contribution in [3.05, 3.63) is 45.9 Å². The summed E-state index contributed by atoms with van der Waals surface area (Å²) < 4.78 is 26.7. The summed E-state index contributed by atoms with van der Waals surface area (Å²) >= 11 is 9.15. The van der Waals surface area contributed by atoms with E-state index in [1.165, 1.54) is 12.4 Å². The van der Waals surface area contributed by atoms with Gasteiger partial charge in [-0.3, -0.25) is 4.57 Å². The van der Waals surface area contributed by atoms with E-state index in [1.54, 1.807) is 18.2 Å². The SMILES string of the molecule is FC(F)n1ccnc1CNc1ccc(Cl)c(Br)c1. The minimum atomic E-state index is -2.58. The zero-order valence-corrected chi connectivity index (χ0v) is 11.4. The Hall–Kier alpha value is -1.14. The van der Waals surface area contributed by atoms with Gasteiger partial charge in [-0.1, -0.05) is 11.6 Å². The van der Waals surface area contributed by atoms with E-state index >= 15 is 0 Å². The van der Waals surface area contributed by atoms with E-state index in [0.717, 1.165) is 14.7 Å². The number of aromatic nitrogens is 2. The Labute approximate surface area is 116 Å². The predicted molar refractivity (Wildman–Crippen MR) is 70.0 cm³/mol. The molecule has 0 spiro atoms. The highest BCUT2D eigenvalue weighted by molar-refractivity contribution is 9.10. The molecule has 0 aliphatic rings. The fraction of sp³-hybridized carbons (Fsp3) is 0.182. The van der Waals surface area contributed by atoms with Crippen molar-refractivity contribution in [1.29, 1.82) is 0 Å². The van der Waals surface area contributed by atoms with Crippen LogP contribution >= 0.6 is 27.5 Å². The van der Waals surface area contributed by atoms with Gasteiger partial charge in [-0.2, -0.15) is 8.78 Å². The standard InChI is InChI=1S/C11H9BrClF2N3/c12-8-5-7(1-2-9(8)13)17-6-10-16-3-4-18(10)11(14)15/h1-5,11,17H,6H2. The van der Waals surface area contributed by atoms with Crippen molar-refractivity contribution in [2.24, 2.45) is 0 Å². The Morgan fingerprint density at radius 2 is 2.22 bits per heavy atom. The minimum Gasteiger partial charge on any atom is -0.378 e. The molecule has 1 N–H and O–H groups in total. The summed E-state index contributed by atoms with van der Waals surface area (Å²) in [4.78, 5) is 3.88. The lowest BCUT2D eigenvalue weighted by Gasteiger charge is -2.09. The molecule has 0 fully saturated rings. The van der Waals surface area contributed by atoms with Crippen LogP contribution in [0.25, 0.3) is 0 Å². The molecule has 0 amide bonds. The zero-order chi connectivity index (χ0) is 13.1. The lowest BCUT2D eigenvalue weighted by Crippen LogP contribution is -2.08. The molecular weight excluding hydrogens is 327 g/mol. The Kier molecular flexibility index (Phi) is 4.19. The van der Waals surface area contributed by atoms with Gasteiger partial charge in [0.1, 0.15) is 5.82 Å². The lowest BCUT2D eigenvalue weighted by atomic mass is 10.3. The smallest absolute Gasteiger partial charge is 0.319 e. The fourth-order valence-corrected chi connectivity index (χ4v) is 1.94. The third-order valence-electron chi connectivity index (χ3n) is 2.33. The number of imidazole rings is 1. The van der Waals surface area contributed by atoms with Crippen molar-refractivity contribution >= 4 is 33.2 Å². The number of nitrogens with one attached hydrogen (secondary N) is 1. The van der Waals surface area contributed by atoms with Gasteiger partial charge < -0.3 is 5.32 Å². The summed E-state index contributed by atoms with van der Waals surface area (Å²) in [6.45, 7) is -2.37. The Morgan fingerprint density at radius 1 is 1.44 bits per heavy atom. The van der Waals surface area contributed by atoms with E-state index in [-0.39, 0.29) is 12.4 Å². The molecule has 1 aromatic heterocycles. The molecule has 0 aliphatic heterocycles. The summed E-state index contributed by atoms with van der Waals surface area (Å²) in [7, 11) is 0. The summed E-state index contributed by atoms with van der Waals surface area (Å²) in [6, 6.07) is 5.26. The molecule has 2 aromatic rings. The third-order valence-corrected chi connectivity index (χ3v) is 3.54. The first-order chi connectivity index (χ1) is 8.58. The van der Waals surface area contributed by atoms with E-state index in [0.29, 0.717) is 5.02 Å². The van der Waals surface area contributed by atoms with Crippen LogP contribution in [0.1, 0.15) is 12.4 Å². The van der Waals surface area contributed by atoms with Crippen molar-refractivity contribution in [3.63, 3.8) is 0 Å². The Bertz CT molecular complexity index is 545. The molecule has 0 atom stereocenters. The molecule has 3 nitrogen and oxygen atoms in total. The minimum absolute atomic E-state index is 0.214. The van der Waals surface area contributed by atoms with Crippen LogP contribution < -0.4 is 5.32 Å². The van der Waals surface area contributed by atoms with Crippen LogP contribution in [0.2, 0.25) is 5.02 Å². The van der Waals surface area contributed by atoms with Crippen molar-refractivity contribution in [2.75, 3.05) is 5.32 Å². The predicted octanol–water partition coefficient (Wildman–Crippen LogP) is 4.31. The largest absolute Gasteiger partial charge is 0.378 e. The summed E-state index contributed by atoms with van der Waals surface area (Å²) in [6.07, 6.45) is 2.60. The van der Waals surface area contributed by atoms with E-state index in [9.17, 15) is 8.78 Å². The second-order valence-corrected chi connectivity index (χ2v) is 4.77. The van der Waals surface area contributed by atoms with Crippen LogP contribution in [-0.4, -0.2) is 9.55 Å². The van der Waals surface area contributed by atoms with Crippen molar-refractivity contribution in [3.8, 4) is 0 Å². The second kappa shape index (κ2) is 5.67.